The number of carbonyl (C=O) groups excluding carboxylic acids is 2. The van der Waals surface area contributed by atoms with Gasteiger partial charge in [-0.2, -0.15) is 0 Å². The van der Waals surface area contributed by atoms with Crippen molar-refractivity contribution in [2.45, 2.75) is 39.5 Å². The first-order valence-electron chi connectivity index (χ1n) is 8.90. The normalized spacial score (nSPS) is 23.7. The van der Waals surface area contributed by atoms with Crippen molar-refractivity contribution in [1.29, 1.82) is 0 Å². The molecule has 0 spiro atoms. The predicted octanol–water partition coefficient (Wildman–Crippen LogP) is 2.66. The number of ether oxygens (including phenoxy) is 1. The smallest absolute Gasteiger partial charge is 0.315 e. The minimum atomic E-state index is -0.883. The van der Waals surface area contributed by atoms with Crippen molar-refractivity contribution in [3.63, 3.8) is 0 Å². The fourth-order valence-electron chi connectivity index (χ4n) is 4.11. The Hall–Kier alpha value is -3.03. The van der Waals surface area contributed by atoms with Crippen LogP contribution in [0.4, 0.5) is 5.69 Å². The van der Waals surface area contributed by atoms with E-state index >= 15 is 0 Å². The molecule has 1 unspecified atom stereocenters. The number of nitrogens with zero attached hydrogens (tertiary/aromatic N) is 2. The fraction of sp³-hybridized carbons (Fsp3) is 0.450. The van der Waals surface area contributed by atoms with Crippen LogP contribution in [0.3, 0.4) is 0 Å². The van der Waals surface area contributed by atoms with Gasteiger partial charge in [0.2, 0.25) is 0 Å². The van der Waals surface area contributed by atoms with Crippen LogP contribution in [0.2, 0.25) is 0 Å². The molecule has 0 aromatic heterocycles. The second-order valence-electron chi connectivity index (χ2n) is 8.02. The van der Waals surface area contributed by atoms with Gasteiger partial charge in [-0.3, -0.25) is 24.7 Å². The summed E-state index contributed by atoms with van der Waals surface area (Å²) in [6, 6.07) is 3.69. The van der Waals surface area contributed by atoms with Crippen LogP contribution in [0.15, 0.2) is 34.5 Å². The number of nitro groups is 1. The van der Waals surface area contributed by atoms with E-state index in [0.29, 0.717) is 29.0 Å². The first kappa shape index (κ1) is 19.7. The van der Waals surface area contributed by atoms with E-state index in [1.165, 1.54) is 13.2 Å². The van der Waals surface area contributed by atoms with Gasteiger partial charge in [0.1, 0.15) is 5.92 Å². The number of benzene rings is 1. The molecule has 0 radical (unpaired) electrons. The number of nitro benzene ring substituents is 1. The first-order valence-corrected chi connectivity index (χ1v) is 8.90. The van der Waals surface area contributed by atoms with Crippen LogP contribution in [0.1, 0.15) is 45.1 Å². The third-order valence-corrected chi connectivity index (χ3v) is 5.30. The SMILES string of the molecule is COC(=O)C1C(C)=NC2=C(C(=O)CC(C)(C)C2)[C@H]1c1ccc([O-])c([N+](=O)[O-])c1. The molecule has 0 fully saturated rings. The molecule has 0 amide bonds. The molecule has 148 valence electrons. The van der Waals surface area contributed by atoms with Crippen LogP contribution in [0.25, 0.3) is 0 Å². The third kappa shape index (κ3) is 3.30. The maximum Gasteiger partial charge on any atom is 0.315 e. The summed E-state index contributed by atoms with van der Waals surface area (Å²) in [5.41, 5.74) is 0.956. The number of esters is 1. The Labute approximate surface area is 162 Å². The molecule has 3 rings (SSSR count). The monoisotopic (exact) mass is 385 g/mol. The molecular weight excluding hydrogens is 364 g/mol. The van der Waals surface area contributed by atoms with Gasteiger partial charge in [-0.05, 0) is 30.1 Å². The Morgan fingerprint density at radius 1 is 1.32 bits per heavy atom. The number of allylic oxidation sites excluding steroid dienone is 2. The number of Topliss-reactive ketones (excluding diaryl/α,β-unsaturated/α-hetero) is 1. The largest absolute Gasteiger partial charge is 0.868 e. The molecule has 28 heavy (non-hydrogen) atoms. The van der Waals surface area contributed by atoms with Gasteiger partial charge >= 0.3 is 5.97 Å². The van der Waals surface area contributed by atoms with Gasteiger partial charge in [-0.1, -0.05) is 26.0 Å². The maximum absolute atomic E-state index is 13.0. The van der Waals surface area contributed by atoms with E-state index in [4.69, 9.17) is 4.74 Å². The Morgan fingerprint density at radius 3 is 2.61 bits per heavy atom. The van der Waals surface area contributed by atoms with Crippen molar-refractivity contribution < 1.29 is 24.4 Å². The quantitative estimate of drug-likeness (QED) is 0.448. The van der Waals surface area contributed by atoms with Gasteiger partial charge in [0.15, 0.2) is 5.78 Å². The van der Waals surface area contributed by atoms with Crippen LogP contribution in [-0.2, 0) is 14.3 Å². The molecule has 0 saturated heterocycles. The van der Waals surface area contributed by atoms with Crippen molar-refractivity contribution in [3.05, 3.63) is 45.1 Å². The number of carbonyl (C=O) groups is 2. The molecule has 0 N–H and O–H groups in total. The average Bonchev–Trinajstić information content (AvgIpc) is 2.59. The minimum Gasteiger partial charge on any atom is -0.868 e. The second-order valence-corrected chi connectivity index (χ2v) is 8.02. The molecule has 1 heterocycles. The summed E-state index contributed by atoms with van der Waals surface area (Å²) in [5.74, 6) is -3.11. The van der Waals surface area contributed by atoms with Crippen LogP contribution in [-0.4, -0.2) is 29.5 Å². The summed E-state index contributed by atoms with van der Waals surface area (Å²) in [5, 5.41) is 23.1. The van der Waals surface area contributed by atoms with Crippen molar-refractivity contribution in [3.8, 4) is 5.75 Å². The van der Waals surface area contributed by atoms with Gasteiger partial charge in [0.05, 0.1) is 12.0 Å². The molecule has 1 aliphatic heterocycles. The van der Waals surface area contributed by atoms with Crippen molar-refractivity contribution >= 4 is 23.2 Å². The molecule has 1 aromatic rings. The first-order chi connectivity index (χ1) is 13.1. The average molecular weight is 385 g/mol. The third-order valence-electron chi connectivity index (χ3n) is 5.30. The lowest BCUT2D eigenvalue weighted by molar-refractivity contribution is -0.398. The van der Waals surface area contributed by atoms with Crippen LogP contribution in [0, 0.1) is 21.4 Å². The lowest BCUT2D eigenvalue weighted by Gasteiger charge is -2.38. The zero-order chi connectivity index (χ0) is 20.8. The molecule has 8 nitrogen and oxygen atoms in total. The molecule has 1 aliphatic carbocycles. The summed E-state index contributed by atoms with van der Waals surface area (Å²) in [4.78, 5) is 40.5. The molecule has 0 saturated carbocycles. The fourth-order valence-corrected chi connectivity index (χ4v) is 4.11. The van der Waals surface area contributed by atoms with Crippen LogP contribution < -0.4 is 5.11 Å². The van der Waals surface area contributed by atoms with Crippen molar-refractivity contribution in [2.24, 2.45) is 16.3 Å². The highest BCUT2D eigenvalue weighted by Gasteiger charge is 2.46. The Morgan fingerprint density at radius 2 is 2.00 bits per heavy atom. The van der Waals surface area contributed by atoms with E-state index in [1.807, 2.05) is 13.8 Å². The Bertz CT molecular complexity index is 944. The summed E-state index contributed by atoms with van der Waals surface area (Å²) < 4.78 is 4.92. The molecule has 2 atom stereocenters. The predicted molar refractivity (Wildman–Crippen MR) is 98.9 cm³/mol. The number of hydrogen-bond acceptors (Lipinski definition) is 7. The number of rotatable bonds is 3. The van der Waals surface area contributed by atoms with Gasteiger partial charge in [-0.25, -0.2) is 0 Å². The number of ketones is 1. The Kier molecular flexibility index (Phi) is 4.82. The van der Waals surface area contributed by atoms with Crippen LogP contribution >= 0.6 is 0 Å². The molecule has 2 aliphatic rings. The van der Waals surface area contributed by atoms with E-state index in [9.17, 15) is 24.8 Å². The molecule has 8 heteroatoms. The van der Waals surface area contributed by atoms with Crippen molar-refractivity contribution in [2.75, 3.05) is 7.11 Å². The standard InChI is InChI=1S/C20H22N2O6/c1-10-16(19(25)28-4)17(11-5-6-14(23)13(7-11)22(26)27)18-12(21-10)8-20(2,3)9-15(18)24/h5-7,16-17,23H,8-9H2,1-4H3/p-1/t16?,17-/m0/s1. The number of hydrogen-bond donors (Lipinski definition) is 0. The molecule has 1 aromatic carbocycles. The van der Waals surface area contributed by atoms with Gasteiger partial charge in [-0.15, -0.1) is 0 Å². The Balaban J connectivity index is 2.24. The zero-order valence-corrected chi connectivity index (χ0v) is 16.1. The maximum atomic E-state index is 13.0. The van der Waals surface area contributed by atoms with Crippen LogP contribution in [0.5, 0.6) is 5.75 Å². The molecular formula is C20H21N2O6-. The van der Waals surface area contributed by atoms with E-state index in [0.717, 1.165) is 12.1 Å². The van der Waals surface area contributed by atoms with Gasteiger partial charge < -0.3 is 9.84 Å². The lowest BCUT2D eigenvalue weighted by atomic mass is 9.67. The van der Waals surface area contributed by atoms with Crippen molar-refractivity contribution in [1.82, 2.24) is 0 Å². The molecule has 0 bridgehead atoms. The highest BCUT2D eigenvalue weighted by Crippen LogP contribution is 2.48. The summed E-state index contributed by atoms with van der Waals surface area (Å²) >= 11 is 0. The van der Waals surface area contributed by atoms with E-state index in [1.54, 1.807) is 6.92 Å². The summed E-state index contributed by atoms with van der Waals surface area (Å²) in [6.45, 7) is 5.62. The highest BCUT2D eigenvalue weighted by molar-refractivity contribution is 6.09. The summed E-state index contributed by atoms with van der Waals surface area (Å²) in [7, 11) is 1.24. The van der Waals surface area contributed by atoms with Gasteiger partial charge in [0, 0.05) is 35.4 Å². The van der Waals surface area contributed by atoms with E-state index in [-0.39, 0.29) is 17.6 Å². The van der Waals surface area contributed by atoms with E-state index in [2.05, 4.69) is 4.99 Å². The minimum absolute atomic E-state index is 0.143. The van der Waals surface area contributed by atoms with Gasteiger partial charge in [0.25, 0.3) is 5.69 Å². The topological polar surface area (TPSA) is 122 Å². The number of aliphatic imine (C=N–C) groups is 1. The lowest BCUT2D eigenvalue weighted by Crippen LogP contribution is -2.39. The highest BCUT2D eigenvalue weighted by atomic mass is 16.6. The number of methoxy groups -OCH3 is 1. The second kappa shape index (κ2) is 6.85. The van der Waals surface area contributed by atoms with E-state index < -0.39 is 34.2 Å². The summed E-state index contributed by atoms with van der Waals surface area (Å²) in [6.07, 6.45) is 0.837. The zero-order valence-electron chi connectivity index (χ0n) is 16.1.